The fraction of sp³-hybridized carbons (Fsp3) is 1.00. The lowest BCUT2D eigenvalue weighted by molar-refractivity contribution is -0.296. The average Bonchev–Trinajstić information content (AvgIpc) is 1.95. The Morgan fingerprint density at radius 3 is 1.88 bits per heavy atom. The van der Waals surface area contributed by atoms with Crippen molar-refractivity contribution in [3.8, 4) is 0 Å². The Labute approximate surface area is 96.1 Å². The number of nitrogens with zero attached hydrogens (tertiary/aromatic N) is 1. The predicted octanol–water partition coefficient (Wildman–Crippen LogP) is 1.17. The lowest BCUT2D eigenvalue weighted by atomic mass is 9.80. The Morgan fingerprint density at radius 1 is 1.19 bits per heavy atom. The van der Waals surface area contributed by atoms with Gasteiger partial charge in [0.25, 0.3) is 0 Å². The summed E-state index contributed by atoms with van der Waals surface area (Å²) in [5, 5.41) is 12.9. The zero-order valence-corrected chi connectivity index (χ0v) is 10.7. The summed E-state index contributed by atoms with van der Waals surface area (Å²) in [6.07, 6.45) is -0.135. The fourth-order valence-corrected chi connectivity index (χ4v) is 2.89. The molecule has 1 saturated heterocycles. The van der Waals surface area contributed by atoms with Gasteiger partial charge in [0.05, 0.1) is 6.10 Å². The molecule has 0 aromatic carbocycles. The Balaban J connectivity index is 2.87. The highest BCUT2D eigenvalue weighted by atomic mass is 32.3. The number of hydrogen-bond acceptors (Lipinski definition) is 4. The summed E-state index contributed by atoms with van der Waals surface area (Å²) >= 11 is 0. The van der Waals surface area contributed by atoms with Crippen molar-refractivity contribution in [3.63, 3.8) is 0 Å². The van der Waals surface area contributed by atoms with E-state index in [1.165, 1.54) is 0 Å². The molecule has 0 aromatic rings. The van der Waals surface area contributed by atoms with Crippen LogP contribution >= 0.6 is 0 Å². The van der Waals surface area contributed by atoms with Gasteiger partial charge in [0.2, 0.25) is 0 Å². The van der Waals surface area contributed by atoms with E-state index in [-0.39, 0.29) is 12.8 Å². The molecule has 16 heavy (non-hydrogen) atoms. The van der Waals surface area contributed by atoms with Crippen molar-refractivity contribution in [2.24, 2.45) is 0 Å². The molecule has 0 spiro atoms. The van der Waals surface area contributed by atoms with E-state index in [2.05, 4.69) is 4.18 Å². The van der Waals surface area contributed by atoms with E-state index in [4.69, 9.17) is 4.55 Å². The minimum atomic E-state index is -4.46. The molecular formula is C9H18NO5S. The Morgan fingerprint density at radius 2 is 1.56 bits per heavy atom. The summed E-state index contributed by atoms with van der Waals surface area (Å²) in [7, 11) is -4.46. The molecule has 1 rings (SSSR count). The minimum Gasteiger partial charge on any atom is -0.264 e. The standard InChI is InChI=1S/C9H18NO5S/c1-8(2)5-7(15-16(12,13)14)6-9(3,4)10(8)11/h7H,5-6H2,1-4H3,(H,12,13,14). The van der Waals surface area contributed by atoms with Crippen molar-refractivity contribution in [1.29, 1.82) is 0 Å². The predicted molar refractivity (Wildman–Crippen MR) is 56.3 cm³/mol. The van der Waals surface area contributed by atoms with Crippen molar-refractivity contribution >= 4 is 10.4 Å². The number of rotatable bonds is 2. The molecule has 1 N–H and O–H groups in total. The molecule has 1 aliphatic heterocycles. The first-order chi connectivity index (χ1) is 6.94. The number of hydrogen-bond donors (Lipinski definition) is 1. The first-order valence-electron chi connectivity index (χ1n) is 5.07. The van der Waals surface area contributed by atoms with E-state index in [1.54, 1.807) is 27.7 Å². The maximum Gasteiger partial charge on any atom is 0.397 e. The van der Waals surface area contributed by atoms with Crippen LogP contribution in [0.2, 0.25) is 0 Å². The summed E-state index contributed by atoms with van der Waals surface area (Å²) in [5.41, 5.74) is -1.42. The molecule has 0 aliphatic carbocycles. The van der Waals surface area contributed by atoms with Crippen LogP contribution in [0.1, 0.15) is 40.5 Å². The molecule has 1 fully saturated rings. The molecule has 0 amide bonds. The van der Waals surface area contributed by atoms with Crippen molar-refractivity contribution in [2.45, 2.75) is 57.7 Å². The Bertz CT molecular complexity index is 344. The van der Waals surface area contributed by atoms with Crippen LogP contribution in [0, 0.1) is 0 Å². The lowest BCUT2D eigenvalue weighted by Crippen LogP contribution is -2.60. The smallest absolute Gasteiger partial charge is 0.264 e. The average molecular weight is 252 g/mol. The maximum absolute atomic E-state index is 11.9. The van der Waals surface area contributed by atoms with Gasteiger partial charge >= 0.3 is 10.4 Å². The molecular weight excluding hydrogens is 234 g/mol. The van der Waals surface area contributed by atoms with Crippen LogP contribution in [-0.4, -0.2) is 35.2 Å². The molecule has 6 nitrogen and oxygen atoms in total. The zero-order valence-electron chi connectivity index (χ0n) is 9.93. The lowest BCUT2D eigenvalue weighted by Gasteiger charge is -2.49. The van der Waals surface area contributed by atoms with Gasteiger partial charge in [-0.05, 0) is 40.5 Å². The first-order valence-corrected chi connectivity index (χ1v) is 6.44. The van der Waals surface area contributed by atoms with Gasteiger partial charge in [-0.3, -0.25) is 4.55 Å². The minimum absolute atomic E-state index is 0.264. The molecule has 0 saturated carbocycles. The van der Waals surface area contributed by atoms with Gasteiger partial charge in [-0.15, -0.1) is 10.3 Å². The van der Waals surface area contributed by atoms with E-state index in [0.717, 1.165) is 5.06 Å². The van der Waals surface area contributed by atoms with Crippen molar-refractivity contribution < 1.29 is 22.4 Å². The van der Waals surface area contributed by atoms with Crippen LogP contribution < -0.4 is 0 Å². The van der Waals surface area contributed by atoms with E-state index in [1.807, 2.05) is 0 Å². The van der Waals surface area contributed by atoms with Crippen LogP contribution in [0.4, 0.5) is 0 Å². The van der Waals surface area contributed by atoms with Gasteiger partial charge in [-0.2, -0.15) is 8.42 Å². The van der Waals surface area contributed by atoms with Gasteiger partial charge in [0.15, 0.2) is 0 Å². The topological polar surface area (TPSA) is 86.7 Å². The monoisotopic (exact) mass is 252 g/mol. The quantitative estimate of drug-likeness (QED) is 0.745. The highest BCUT2D eigenvalue weighted by Crippen LogP contribution is 2.38. The molecule has 95 valence electrons. The molecule has 1 aliphatic rings. The van der Waals surface area contributed by atoms with Crippen LogP contribution in [-0.2, 0) is 19.8 Å². The molecule has 0 unspecified atom stereocenters. The molecule has 0 bridgehead atoms. The third kappa shape index (κ3) is 3.14. The van der Waals surface area contributed by atoms with Crippen LogP contribution in [0.3, 0.4) is 0 Å². The third-order valence-corrected chi connectivity index (χ3v) is 3.33. The van der Waals surface area contributed by atoms with E-state index in [9.17, 15) is 13.6 Å². The number of hydroxylamine groups is 2. The number of piperidine rings is 1. The van der Waals surface area contributed by atoms with Gasteiger partial charge in [0, 0.05) is 11.1 Å². The van der Waals surface area contributed by atoms with Crippen molar-refractivity contribution in [1.82, 2.24) is 5.06 Å². The summed E-state index contributed by atoms with van der Waals surface area (Å²) in [5.74, 6) is 0. The van der Waals surface area contributed by atoms with E-state index in [0.29, 0.717) is 0 Å². The summed E-state index contributed by atoms with van der Waals surface area (Å²) < 4.78 is 34.5. The van der Waals surface area contributed by atoms with Crippen molar-refractivity contribution in [3.05, 3.63) is 0 Å². The SMILES string of the molecule is CC1(C)CC(OS(=O)(=O)O)CC(C)(C)N1[O]. The first kappa shape index (κ1) is 13.9. The second-order valence-electron chi connectivity index (χ2n) is 5.47. The second kappa shape index (κ2) is 3.92. The van der Waals surface area contributed by atoms with Gasteiger partial charge in [-0.25, -0.2) is 4.18 Å². The fourth-order valence-electron chi connectivity index (χ4n) is 2.41. The van der Waals surface area contributed by atoms with Crippen LogP contribution in [0.15, 0.2) is 0 Å². The van der Waals surface area contributed by atoms with Gasteiger partial charge in [-0.1, -0.05) is 0 Å². The molecule has 0 atom stereocenters. The van der Waals surface area contributed by atoms with Gasteiger partial charge in [0.1, 0.15) is 0 Å². The van der Waals surface area contributed by atoms with E-state index >= 15 is 0 Å². The normalized spacial score (nSPS) is 26.9. The van der Waals surface area contributed by atoms with Crippen LogP contribution in [0.5, 0.6) is 0 Å². The zero-order chi connectivity index (χ0) is 12.8. The highest BCUT2D eigenvalue weighted by molar-refractivity contribution is 7.80. The summed E-state index contributed by atoms with van der Waals surface area (Å²) in [4.78, 5) is 0. The Kier molecular flexibility index (Phi) is 3.39. The third-order valence-electron chi connectivity index (χ3n) is 2.81. The summed E-state index contributed by atoms with van der Waals surface area (Å²) in [6, 6.07) is 0. The largest absolute Gasteiger partial charge is 0.397 e. The second-order valence-corrected chi connectivity index (χ2v) is 6.52. The molecule has 1 radical (unpaired) electrons. The molecule has 1 heterocycles. The van der Waals surface area contributed by atoms with Crippen molar-refractivity contribution in [2.75, 3.05) is 0 Å². The van der Waals surface area contributed by atoms with Gasteiger partial charge < -0.3 is 0 Å². The van der Waals surface area contributed by atoms with Crippen LogP contribution in [0.25, 0.3) is 0 Å². The summed E-state index contributed by atoms with van der Waals surface area (Å²) in [6.45, 7) is 6.89. The molecule has 7 heteroatoms. The maximum atomic E-state index is 11.9. The molecule has 0 aromatic heterocycles. The van der Waals surface area contributed by atoms with E-state index < -0.39 is 27.6 Å². The Hall–Kier alpha value is -0.210. The highest BCUT2D eigenvalue weighted by Gasteiger charge is 2.47.